The highest BCUT2D eigenvalue weighted by atomic mass is 32.2. The largest absolute Gasteiger partial charge is 0.396 e. The number of nitrogens with one attached hydrogen (secondary N) is 1. The van der Waals surface area contributed by atoms with Crippen molar-refractivity contribution >= 4 is 11.8 Å². The summed E-state index contributed by atoms with van der Waals surface area (Å²) in [5.41, 5.74) is 0. The van der Waals surface area contributed by atoms with Crippen LogP contribution in [-0.4, -0.2) is 35.8 Å². The number of hydrogen-bond acceptors (Lipinski definition) is 3. The Morgan fingerprint density at radius 1 is 1.40 bits per heavy atom. The van der Waals surface area contributed by atoms with Crippen LogP contribution in [0, 0.1) is 0 Å². The van der Waals surface area contributed by atoms with Crippen LogP contribution in [0.4, 0.5) is 0 Å². The summed E-state index contributed by atoms with van der Waals surface area (Å²) in [4.78, 5) is 0. The summed E-state index contributed by atoms with van der Waals surface area (Å²) in [7, 11) is 0. The summed E-state index contributed by atoms with van der Waals surface area (Å²) in [6.07, 6.45) is 2.73. The summed E-state index contributed by atoms with van der Waals surface area (Å²) in [5, 5.41) is 11.9. The maximum Gasteiger partial charge on any atom is 0.0521 e. The lowest BCUT2D eigenvalue weighted by atomic mass is 10.6. The zero-order valence-electron chi connectivity index (χ0n) is 6.18. The number of aliphatic hydroxyl groups excluding tert-OH is 1. The lowest BCUT2D eigenvalue weighted by Gasteiger charge is -2.00. The van der Waals surface area contributed by atoms with E-state index < -0.39 is 0 Å². The van der Waals surface area contributed by atoms with E-state index in [2.05, 4.69) is 5.32 Å². The topological polar surface area (TPSA) is 32.3 Å². The molecule has 0 bridgehead atoms. The Morgan fingerprint density at radius 2 is 2.20 bits per heavy atom. The van der Waals surface area contributed by atoms with Crippen molar-refractivity contribution in [2.45, 2.75) is 18.9 Å². The van der Waals surface area contributed by atoms with Gasteiger partial charge in [-0.05, 0) is 12.8 Å². The van der Waals surface area contributed by atoms with E-state index in [0.29, 0.717) is 6.61 Å². The highest BCUT2D eigenvalue weighted by Gasteiger charge is 2.19. The molecular weight excluding hydrogens is 146 g/mol. The summed E-state index contributed by atoms with van der Waals surface area (Å²) in [5.74, 6) is 2.02. The average molecular weight is 161 g/mol. The monoisotopic (exact) mass is 161 g/mol. The molecular formula is C7H15NOS. The molecule has 0 amide bonds. The first-order valence-electron chi connectivity index (χ1n) is 3.85. The van der Waals surface area contributed by atoms with E-state index in [4.69, 9.17) is 5.11 Å². The van der Waals surface area contributed by atoms with Gasteiger partial charge in [0.15, 0.2) is 0 Å². The Kier molecular flexibility index (Phi) is 4.18. The van der Waals surface area contributed by atoms with Crippen molar-refractivity contribution in [2.75, 3.05) is 24.7 Å². The molecule has 0 aromatic carbocycles. The van der Waals surface area contributed by atoms with Crippen molar-refractivity contribution in [3.63, 3.8) is 0 Å². The van der Waals surface area contributed by atoms with Crippen LogP contribution in [-0.2, 0) is 0 Å². The van der Waals surface area contributed by atoms with Gasteiger partial charge >= 0.3 is 0 Å². The molecule has 1 rings (SSSR count). The molecule has 0 unspecified atom stereocenters. The second-order valence-corrected chi connectivity index (χ2v) is 3.79. The standard InChI is InChI=1S/C7H15NOS/c9-4-6-10-5-3-8-7-1-2-7/h7-9H,1-6H2. The van der Waals surface area contributed by atoms with Gasteiger partial charge in [-0.1, -0.05) is 0 Å². The molecule has 2 nitrogen and oxygen atoms in total. The molecule has 0 spiro atoms. The summed E-state index contributed by atoms with van der Waals surface area (Å²) >= 11 is 1.81. The molecule has 1 fully saturated rings. The minimum atomic E-state index is 0.314. The molecule has 0 atom stereocenters. The minimum Gasteiger partial charge on any atom is -0.396 e. The Labute approximate surface area is 66.4 Å². The van der Waals surface area contributed by atoms with Crippen LogP contribution < -0.4 is 5.32 Å². The number of thioether (sulfide) groups is 1. The molecule has 1 aliphatic rings. The van der Waals surface area contributed by atoms with Gasteiger partial charge < -0.3 is 10.4 Å². The molecule has 10 heavy (non-hydrogen) atoms. The average Bonchev–Trinajstić information content (AvgIpc) is 2.71. The van der Waals surface area contributed by atoms with E-state index in [1.165, 1.54) is 12.8 Å². The zero-order valence-corrected chi connectivity index (χ0v) is 6.99. The number of rotatable bonds is 6. The van der Waals surface area contributed by atoms with Crippen LogP contribution in [0.1, 0.15) is 12.8 Å². The Morgan fingerprint density at radius 3 is 2.80 bits per heavy atom. The highest BCUT2D eigenvalue weighted by molar-refractivity contribution is 7.99. The molecule has 1 aliphatic carbocycles. The van der Waals surface area contributed by atoms with Gasteiger partial charge in [-0.25, -0.2) is 0 Å². The van der Waals surface area contributed by atoms with E-state index in [9.17, 15) is 0 Å². The SMILES string of the molecule is OCCSCCNC1CC1. The second kappa shape index (κ2) is 4.99. The summed E-state index contributed by atoms with van der Waals surface area (Å²) < 4.78 is 0. The van der Waals surface area contributed by atoms with Crippen molar-refractivity contribution in [3.8, 4) is 0 Å². The fraction of sp³-hybridized carbons (Fsp3) is 1.00. The van der Waals surface area contributed by atoms with Crippen LogP contribution in [0.25, 0.3) is 0 Å². The van der Waals surface area contributed by atoms with Gasteiger partial charge in [0, 0.05) is 24.1 Å². The van der Waals surface area contributed by atoms with Crippen LogP contribution in [0.15, 0.2) is 0 Å². The van der Waals surface area contributed by atoms with Gasteiger partial charge in [-0.2, -0.15) is 11.8 Å². The molecule has 60 valence electrons. The maximum absolute atomic E-state index is 8.45. The molecule has 2 N–H and O–H groups in total. The predicted octanol–water partition coefficient (Wildman–Crippen LogP) is 0.464. The minimum absolute atomic E-state index is 0.314. The van der Waals surface area contributed by atoms with Crippen LogP contribution in [0.3, 0.4) is 0 Å². The van der Waals surface area contributed by atoms with E-state index in [1.807, 2.05) is 11.8 Å². The Bertz CT molecular complexity index is 85.7. The lowest BCUT2D eigenvalue weighted by molar-refractivity contribution is 0.322. The molecule has 1 saturated carbocycles. The zero-order chi connectivity index (χ0) is 7.23. The van der Waals surface area contributed by atoms with Gasteiger partial charge in [0.05, 0.1) is 6.61 Å². The van der Waals surface area contributed by atoms with Crippen molar-refractivity contribution < 1.29 is 5.11 Å². The number of hydrogen-bond donors (Lipinski definition) is 2. The van der Waals surface area contributed by atoms with Crippen LogP contribution >= 0.6 is 11.8 Å². The van der Waals surface area contributed by atoms with E-state index >= 15 is 0 Å². The maximum atomic E-state index is 8.45. The van der Waals surface area contributed by atoms with Gasteiger partial charge in [-0.15, -0.1) is 0 Å². The lowest BCUT2D eigenvalue weighted by Crippen LogP contribution is -2.19. The Balaban J connectivity index is 1.68. The third-order valence-electron chi connectivity index (χ3n) is 1.49. The second-order valence-electron chi connectivity index (χ2n) is 2.56. The molecule has 0 aromatic rings. The van der Waals surface area contributed by atoms with Gasteiger partial charge in [-0.3, -0.25) is 0 Å². The first-order valence-corrected chi connectivity index (χ1v) is 5.01. The van der Waals surface area contributed by atoms with Crippen LogP contribution in [0.2, 0.25) is 0 Å². The fourth-order valence-corrected chi connectivity index (χ4v) is 1.38. The van der Waals surface area contributed by atoms with E-state index in [0.717, 1.165) is 24.1 Å². The third-order valence-corrected chi connectivity index (χ3v) is 2.46. The van der Waals surface area contributed by atoms with Crippen molar-refractivity contribution in [1.82, 2.24) is 5.32 Å². The fourth-order valence-electron chi connectivity index (χ4n) is 0.789. The summed E-state index contributed by atoms with van der Waals surface area (Å²) in [6, 6.07) is 0.828. The predicted molar refractivity (Wildman–Crippen MR) is 45.4 cm³/mol. The van der Waals surface area contributed by atoms with E-state index in [-0.39, 0.29) is 0 Å². The smallest absolute Gasteiger partial charge is 0.0521 e. The molecule has 0 radical (unpaired) electrons. The molecule has 0 heterocycles. The first kappa shape index (κ1) is 8.37. The van der Waals surface area contributed by atoms with Crippen molar-refractivity contribution in [2.24, 2.45) is 0 Å². The number of aliphatic hydroxyl groups is 1. The van der Waals surface area contributed by atoms with Crippen LogP contribution in [0.5, 0.6) is 0 Å². The van der Waals surface area contributed by atoms with Gasteiger partial charge in [0.1, 0.15) is 0 Å². The third kappa shape index (κ3) is 4.14. The summed E-state index contributed by atoms with van der Waals surface area (Å²) in [6.45, 7) is 1.42. The molecule has 0 saturated heterocycles. The Hall–Kier alpha value is 0.270. The quantitative estimate of drug-likeness (QED) is 0.555. The van der Waals surface area contributed by atoms with Crippen molar-refractivity contribution in [1.29, 1.82) is 0 Å². The van der Waals surface area contributed by atoms with Crippen molar-refractivity contribution in [3.05, 3.63) is 0 Å². The van der Waals surface area contributed by atoms with E-state index in [1.54, 1.807) is 0 Å². The van der Waals surface area contributed by atoms with Gasteiger partial charge in [0.2, 0.25) is 0 Å². The molecule has 3 heteroatoms. The molecule has 0 aromatic heterocycles. The van der Waals surface area contributed by atoms with Gasteiger partial charge in [0.25, 0.3) is 0 Å². The normalized spacial score (nSPS) is 17.7. The first-order chi connectivity index (χ1) is 4.93. The highest BCUT2D eigenvalue weighted by Crippen LogP contribution is 2.18. The molecule has 0 aliphatic heterocycles.